The molecule has 0 saturated carbocycles. The van der Waals surface area contributed by atoms with Crippen molar-refractivity contribution in [2.24, 2.45) is 0 Å². The number of ether oxygens (including phenoxy) is 3. The van der Waals surface area contributed by atoms with Crippen LogP contribution in [-0.4, -0.2) is 87.0 Å². The van der Waals surface area contributed by atoms with Gasteiger partial charge >= 0.3 is 11.9 Å². The third-order valence-corrected chi connectivity index (χ3v) is 4.66. The summed E-state index contributed by atoms with van der Waals surface area (Å²) in [5.74, 6) is -2.32. The molecule has 0 spiro atoms. The number of hydrogen-bond donors (Lipinski definition) is 5. The van der Waals surface area contributed by atoms with E-state index < -0.39 is 67.7 Å². The van der Waals surface area contributed by atoms with Crippen molar-refractivity contribution in [2.45, 2.75) is 62.5 Å². The van der Waals surface area contributed by atoms with Crippen molar-refractivity contribution >= 4 is 11.9 Å². The lowest BCUT2D eigenvalue weighted by Crippen LogP contribution is -2.60. The monoisotopic (exact) mass is 428 g/mol. The van der Waals surface area contributed by atoms with Crippen molar-refractivity contribution in [3.05, 3.63) is 35.9 Å². The molecule has 0 bridgehead atoms. The van der Waals surface area contributed by atoms with Gasteiger partial charge in [0.1, 0.15) is 18.3 Å². The summed E-state index contributed by atoms with van der Waals surface area (Å²) in [5.41, 5.74) is -0.878. The lowest BCUT2D eigenvalue weighted by Gasteiger charge is -2.41. The summed E-state index contributed by atoms with van der Waals surface area (Å²) < 4.78 is 16.0. The molecule has 10 nitrogen and oxygen atoms in total. The number of carboxylic acid groups (broad SMARTS) is 1. The van der Waals surface area contributed by atoms with Gasteiger partial charge in [0.25, 0.3) is 0 Å². The number of esters is 1. The molecule has 6 atom stereocenters. The predicted molar refractivity (Wildman–Crippen MR) is 101 cm³/mol. The van der Waals surface area contributed by atoms with Gasteiger partial charge in [-0.2, -0.15) is 0 Å². The van der Waals surface area contributed by atoms with Crippen LogP contribution in [-0.2, 0) is 30.2 Å². The maximum Gasteiger partial charge on any atom is 0.309 e. The highest BCUT2D eigenvalue weighted by atomic mass is 16.7. The van der Waals surface area contributed by atoms with E-state index in [9.17, 15) is 30.0 Å². The largest absolute Gasteiger partial charge is 0.481 e. The highest BCUT2D eigenvalue weighted by Crippen LogP contribution is 2.26. The first-order valence-electron chi connectivity index (χ1n) is 9.54. The van der Waals surface area contributed by atoms with Gasteiger partial charge in [-0.15, -0.1) is 0 Å². The minimum atomic E-state index is -1.87. The molecule has 0 unspecified atom stereocenters. The lowest BCUT2D eigenvalue weighted by atomic mass is 9.97. The SMILES string of the molecule is C[C@@](O)(CC(=O)O)CC(=O)O[C@H]1[C@@H](O)[C@H](OCCc2ccccc2)O[C@H](CO)[C@H]1O. The number of carboxylic acids is 1. The number of benzene rings is 1. The summed E-state index contributed by atoms with van der Waals surface area (Å²) in [6.45, 7) is 0.705. The summed E-state index contributed by atoms with van der Waals surface area (Å²) in [6.07, 6.45) is -7.89. The first-order chi connectivity index (χ1) is 14.1. The number of carbonyl (C=O) groups excluding carboxylic acids is 1. The Morgan fingerprint density at radius 3 is 2.40 bits per heavy atom. The molecule has 1 aromatic carbocycles. The van der Waals surface area contributed by atoms with E-state index in [0.717, 1.165) is 12.5 Å². The number of rotatable bonds is 10. The summed E-state index contributed by atoms with van der Waals surface area (Å²) in [6, 6.07) is 9.41. The van der Waals surface area contributed by atoms with Gasteiger partial charge in [-0.05, 0) is 18.9 Å². The molecule has 0 aromatic heterocycles. The average Bonchev–Trinajstić information content (AvgIpc) is 2.66. The standard InChI is InChI=1S/C20H28O10/c1-20(27,9-14(22)23)10-15(24)30-18-16(25)13(11-21)29-19(17(18)26)28-8-7-12-5-3-2-4-6-12/h2-6,13,16-19,21,25-27H,7-11H2,1H3,(H,22,23)/t13-,16-,17-,18-,19-,20-/m1/s1. The predicted octanol–water partition coefficient (Wildman–Crippen LogP) is -0.788. The van der Waals surface area contributed by atoms with E-state index >= 15 is 0 Å². The Kier molecular flexibility index (Phi) is 8.71. The van der Waals surface area contributed by atoms with Gasteiger partial charge in [0.05, 0.1) is 31.7 Å². The van der Waals surface area contributed by atoms with E-state index in [-0.39, 0.29) is 6.61 Å². The minimum absolute atomic E-state index is 0.161. The fourth-order valence-corrected chi connectivity index (χ4v) is 3.16. The van der Waals surface area contributed by atoms with E-state index in [0.29, 0.717) is 6.42 Å². The zero-order valence-electron chi connectivity index (χ0n) is 16.6. The minimum Gasteiger partial charge on any atom is -0.481 e. The zero-order valence-corrected chi connectivity index (χ0v) is 16.6. The van der Waals surface area contributed by atoms with Crippen molar-refractivity contribution in [1.29, 1.82) is 0 Å². The smallest absolute Gasteiger partial charge is 0.309 e. The fourth-order valence-electron chi connectivity index (χ4n) is 3.16. The van der Waals surface area contributed by atoms with Crippen molar-refractivity contribution in [2.75, 3.05) is 13.2 Å². The van der Waals surface area contributed by atoms with Crippen LogP contribution in [0.5, 0.6) is 0 Å². The number of hydrogen-bond acceptors (Lipinski definition) is 9. The van der Waals surface area contributed by atoms with Crippen molar-refractivity contribution in [3.63, 3.8) is 0 Å². The maximum atomic E-state index is 12.2. The molecule has 1 fully saturated rings. The number of carbonyl (C=O) groups is 2. The normalized spacial score (nSPS) is 28.5. The van der Waals surface area contributed by atoms with Gasteiger partial charge in [-0.25, -0.2) is 0 Å². The third kappa shape index (κ3) is 7.01. The Balaban J connectivity index is 1.98. The van der Waals surface area contributed by atoms with Gasteiger partial charge < -0.3 is 39.7 Å². The van der Waals surface area contributed by atoms with E-state index in [4.69, 9.17) is 19.3 Å². The van der Waals surface area contributed by atoms with Gasteiger partial charge in [0.15, 0.2) is 12.4 Å². The van der Waals surface area contributed by atoms with Gasteiger partial charge in [-0.1, -0.05) is 30.3 Å². The van der Waals surface area contributed by atoms with Crippen molar-refractivity contribution in [1.82, 2.24) is 0 Å². The Hall–Kier alpha value is -2.08. The van der Waals surface area contributed by atoms with Crippen LogP contribution >= 0.6 is 0 Å². The first-order valence-corrected chi connectivity index (χ1v) is 9.54. The third-order valence-electron chi connectivity index (χ3n) is 4.66. The van der Waals surface area contributed by atoms with Crippen molar-refractivity contribution < 1.29 is 49.3 Å². The molecular weight excluding hydrogens is 400 g/mol. The maximum absolute atomic E-state index is 12.2. The molecule has 1 heterocycles. The van der Waals surface area contributed by atoms with E-state index in [2.05, 4.69) is 0 Å². The molecular formula is C20H28O10. The second-order valence-electron chi connectivity index (χ2n) is 7.51. The van der Waals surface area contributed by atoms with E-state index in [1.165, 1.54) is 0 Å². The molecule has 30 heavy (non-hydrogen) atoms. The van der Waals surface area contributed by atoms with Crippen LogP contribution in [0.3, 0.4) is 0 Å². The van der Waals surface area contributed by atoms with Crippen LogP contribution in [0.2, 0.25) is 0 Å². The van der Waals surface area contributed by atoms with E-state index in [1.807, 2.05) is 30.3 Å². The summed E-state index contributed by atoms with van der Waals surface area (Å²) in [4.78, 5) is 22.9. The quantitative estimate of drug-likeness (QED) is 0.299. The summed E-state index contributed by atoms with van der Waals surface area (Å²) in [7, 11) is 0. The van der Waals surface area contributed by atoms with Crippen LogP contribution < -0.4 is 0 Å². The molecule has 0 aliphatic carbocycles. The van der Waals surface area contributed by atoms with Crippen LogP contribution in [0, 0.1) is 0 Å². The molecule has 0 radical (unpaired) electrons. The second kappa shape index (κ2) is 10.8. The highest BCUT2D eigenvalue weighted by Gasteiger charge is 2.47. The molecule has 1 aromatic rings. The molecule has 1 aliphatic rings. The van der Waals surface area contributed by atoms with Gasteiger partial charge in [0, 0.05) is 0 Å². The zero-order chi connectivity index (χ0) is 22.3. The van der Waals surface area contributed by atoms with Crippen molar-refractivity contribution in [3.8, 4) is 0 Å². The van der Waals surface area contributed by atoms with E-state index in [1.54, 1.807) is 0 Å². The molecule has 168 valence electrons. The first kappa shape index (κ1) is 24.2. The molecule has 0 amide bonds. The Morgan fingerprint density at radius 2 is 1.80 bits per heavy atom. The average molecular weight is 428 g/mol. The summed E-state index contributed by atoms with van der Waals surface area (Å²) >= 11 is 0. The molecule has 5 N–H and O–H groups in total. The topological polar surface area (TPSA) is 163 Å². The Labute approximate surface area is 173 Å². The van der Waals surface area contributed by atoms with Crippen LogP contribution in [0.4, 0.5) is 0 Å². The van der Waals surface area contributed by atoms with Crippen LogP contribution in [0.1, 0.15) is 25.3 Å². The summed E-state index contributed by atoms with van der Waals surface area (Å²) in [5, 5.41) is 49.0. The second-order valence-corrected chi connectivity index (χ2v) is 7.51. The van der Waals surface area contributed by atoms with Crippen LogP contribution in [0.15, 0.2) is 30.3 Å². The molecule has 1 saturated heterocycles. The molecule has 10 heteroatoms. The fraction of sp³-hybridized carbons (Fsp3) is 0.600. The van der Waals surface area contributed by atoms with Gasteiger partial charge in [0.2, 0.25) is 0 Å². The Morgan fingerprint density at radius 1 is 1.13 bits per heavy atom. The highest BCUT2D eigenvalue weighted by molar-refractivity contribution is 5.74. The Bertz CT molecular complexity index is 692. The lowest BCUT2D eigenvalue weighted by molar-refractivity contribution is -0.303. The number of aliphatic hydroxyl groups excluding tert-OH is 3. The number of aliphatic carboxylic acids is 1. The number of aliphatic hydroxyl groups is 4. The molecule has 1 aliphatic heterocycles. The van der Waals surface area contributed by atoms with Gasteiger partial charge in [-0.3, -0.25) is 9.59 Å². The molecule has 2 rings (SSSR count). The van der Waals surface area contributed by atoms with Crippen LogP contribution in [0.25, 0.3) is 0 Å².